The van der Waals surface area contributed by atoms with Crippen molar-refractivity contribution >= 4 is 34.3 Å². The number of aromatic carboxylic acids is 1. The average Bonchev–Trinajstić information content (AvgIpc) is 2.88. The first-order valence-corrected chi connectivity index (χ1v) is 13.3. The predicted octanol–water partition coefficient (Wildman–Crippen LogP) is 4.30. The third kappa shape index (κ3) is 6.00. The normalized spacial score (nSPS) is 14.6. The SMILES string of the molecule is Cc1cccc(C)c1-c1cc(OC2CNCc3cccnc32)nc(NS(=O)(=O)c2cccc(C(=O)O)c2)n1.Cl. The second-order valence-electron chi connectivity index (χ2n) is 8.91. The van der Waals surface area contributed by atoms with Crippen LogP contribution in [0.5, 0.6) is 5.88 Å². The number of sulfonamides is 1. The first-order chi connectivity index (χ1) is 18.2. The lowest BCUT2D eigenvalue weighted by Gasteiger charge is -2.25. The minimum atomic E-state index is -4.21. The van der Waals surface area contributed by atoms with Crippen molar-refractivity contribution in [1.29, 1.82) is 0 Å². The van der Waals surface area contributed by atoms with E-state index in [1.807, 2.05) is 44.2 Å². The van der Waals surface area contributed by atoms with Crippen molar-refractivity contribution < 1.29 is 23.1 Å². The molecule has 4 aromatic rings. The molecule has 2 aromatic heterocycles. The highest BCUT2D eigenvalue weighted by Crippen LogP contribution is 2.32. The minimum Gasteiger partial charge on any atom is -0.478 e. The van der Waals surface area contributed by atoms with Crippen LogP contribution in [0.25, 0.3) is 11.3 Å². The van der Waals surface area contributed by atoms with Crippen LogP contribution in [0.1, 0.15) is 38.8 Å². The van der Waals surface area contributed by atoms with Crippen LogP contribution in [0.3, 0.4) is 0 Å². The van der Waals surface area contributed by atoms with Gasteiger partial charge in [-0.3, -0.25) is 4.98 Å². The van der Waals surface area contributed by atoms with Crippen molar-refractivity contribution in [2.24, 2.45) is 0 Å². The first kappa shape index (κ1) is 28.0. The standard InChI is InChI=1S/C27H25N5O5S.ClH/c1-16-6-3-7-17(2)24(16)21-13-23(37-22-15-28-14-19-9-5-11-29-25(19)22)31-27(30-21)32-38(35,36)20-10-4-8-18(12-20)26(33)34;/h3-13,22,28H,14-15H2,1-2H3,(H,33,34)(H,30,31,32);1H. The van der Waals surface area contributed by atoms with Gasteiger partial charge in [-0.1, -0.05) is 30.3 Å². The van der Waals surface area contributed by atoms with Gasteiger partial charge >= 0.3 is 5.97 Å². The van der Waals surface area contributed by atoms with Crippen LogP contribution in [0, 0.1) is 13.8 Å². The van der Waals surface area contributed by atoms with E-state index in [0.717, 1.165) is 34.0 Å². The van der Waals surface area contributed by atoms with E-state index >= 15 is 0 Å². The number of fused-ring (bicyclic) bond motifs is 1. The molecule has 12 heteroatoms. The van der Waals surface area contributed by atoms with Gasteiger partial charge in [0.05, 0.1) is 21.8 Å². The third-order valence-corrected chi connectivity index (χ3v) is 7.52. The number of ether oxygens (including phenoxy) is 1. The number of nitrogens with one attached hydrogen (secondary N) is 2. The maximum Gasteiger partial charge on any atom is 0.335 e. The van der Waals surface area contributed by atoms with Crippen LogP contribution in [-0.2, 0) is 16.6 Å². The van der Waals surface area contributed by atoms with Gasteiger partial charge < -0.3 is 15.2 Å². The van der Waals surface area contributed by atoms with Crippen LogP contribution in [0.2, 0.25) is 0 Å². The molecule has 0 saturated heterocycles. The van der Waals surface area contributed by atoms with Crippen molar-refractivity contribution in [3.8, 4) is 17.1 Å². The molecular formula is C27H26ClN5O5S. The van der Waals surface area contributed by atoms with Crippen LogP contribution in [0.15, 0.2) is 71.8 Å². The number of hydrogen-bond acceptors (Lipinski definition) is 8. The molecule has 0 radical (unpaired) electrons. The van der Waals surface area contributed by atoms with Crippen LogP contribution in [0.4, 0.5) is 5.95 Å². The van der Waals surface area contributed by atoms with E-state index in [-0.39, 0.29) is 34.7 Å². The van der Waals surface area contributed by atoms with Crippen molar-refractivity contribution in [1.82, 2.24) is 20.3 Å². The zero-order valence-corrected chi connectivity index (χ0v) is 22.7. The number of aryl methyl sites for hydroxylation is 2. The van der Waals surface area contributed by atoms with E-state index in [1.54, 1.807) is 12.3 Å². The summed E-state index contributed by atoms with van der Waals surface area (Å²) < 4.78 is 35.0. The number of carboxylic acid groups (broad SMARTS) is 1. The number of carbonyl (C=O) groups is 1. The summed E-state index contributed by atoms with van der Waals surface area (Å²) >= 11 is 0. The van der Waals surface area contributed by atoms with Gasteiger partial charge in [0.25, 0.3) is 10.0 Å². The molecule has 202 valence electrons. The average molecular weight is 568 g/mol. The second-order valence-corrected chi connectivity index (χ2v) is 10.6. The van der Waals surface area contributed by atoms with Gasteiger partial charge in [-0.25, -0.2) is 22.9 Å². The minimum absolute atomic E-state index is 0. The fourth-order valence-corrected chi connectivity index (χ4v) is 5.41. The fourth-order valence-electron chi connectivity index (χ4n) is 4.42. The van der Waals surface area contributed by atoms with E-state index in [1.165, 1.54) is 18.2 Å². The Kier molecular flexibility index (Phi) is 8.14. The fraction of sp³-hybridized carbons (Fsp3) is 0.185. The number of benzene rings is 2. The molecule has 0 bridgehead atoms. The number of pyridine rings is 1. The Bertz CT molecular complexity index is 1630. The molecule has 2 aromatic carbocycles. The van der Waals surface area contributed by atoms with Crippen molar-refractivity contribution in [3.63, 3.8) is 0 Å². The number of aromatic nitrogens is 3. The Hall–Kier alpha value is -4.06. The van der Waals surface area contributed by atoms with Crippen molar-refractivity contribution in [2.45, 2.75) is 31.4 Å². The molecule has 3 heterocycles. The van der Waals surface area contributed by atoms with Gasteiger partial charge in [0.2, 0.25) is 11.8 Å². The number of hydrogen-bond donors (Lipinski definition) is 3. The Balaban J connectivity index is 0.00000353. The predicted molar refractivity (Wildman–Crippen MR) is 148 cm³/mol. The molecule has 5 rings (SSSR count). The van der Waals surface area contributed by atoms with Gasteiger partial charge in [-0.05, 0) is 54.8 Å². The molecule has 0 spiro atoms. The van der Waals surface area contributed by atoms with Gasteiger partial charge in [0.1, 0.15) is 0 Å². The molecule has 0 amide bonds. The zero-order chi connectivity index (χ0) is 26.9. The van der Waals surface area contributed by atoms with Crippen LogP contribution in [-0.4, -0.2) is 41.0 Å². The highest BCUT2D eigenvalue weighted by Gasteiger charge is 2.25. The number of carboxylic acids is 1. The summed E-state index contributed by atoms with van der Waals surface area (Å²) in [6, 6.07) is 16.4. The Morgan fingerprint density at radius 2 is 1.79 bits per heavy atom. The Labute approximate surface area is 232 Å². The molecule has 1 aliphatic rings. The topological polar surface area (TPSA) is 143 Å². The van der Waals surface area contributed by atoms with Gasteiger partial charge in [0.15, 0.2) is 6.10 Å². The summed E-state index contributed by atoms with van der Waals surface area (Å²) in [5.74, 6) is -1.27. The molecule has 1 unspecified atom stereocenters. The Morgan fingerprint density at radius 3 is 2.54 bits per heavy atom. The maximum atomic E-state index is 13.2. The van der Waals surface area contributed by atoms with Crippen molar-refractivity contribution in [3.05, 3.63) is 94.8 Å². The lowest BCUT2D eigenvalue weighted by molar-refractivity contribution is 0.0696. The monoisotopic (exact) mass is 567 g/mol. The van der Waals surface area contributed by atoms with Crippen LogP contribution < -0.4 is 14.8 Å². The van der Waals surface area contributed by atoms with Crippen LogP contribution >= 0.6 is 12.4 Å². The summed E-state index contributed by atoms with van der Waals surface area (Å²) in [6.07, 6.45) is 1.25. The van der Waals surface area contributed by atoms with E-state index in [4.69, 9.17) is 4.74 Å². The molecular weight excluding hydrogens is 542 g/mol. The van der Waals surface area contributed by atoms with Gasteiger partial charge in [0, 0.05) is 30.9 Å². The quantitative estimate of drug-likeness (QED) is 0.298. The highest BCUT2D eigenvalue weighted by atomic mass is 35.5. The molecule has 10 nitrogen and oxygen atoms in total. The number of rotatable bonds is 7. The second kappa shape index (κ2) is 11.4. The smallest absolute Gasteiger partial charge is 0.335 e. The van der Waals surface area contributed by atoms with E-state index in [9.17, 15) is 18.3 Å². The zero-order valence-electron chi connectivity index (χ0n) is 21.1. The molecule has 0 fully saturated rings. The first-order valence-electron chi connectivity index (χ1n) is 11.8. The number of nitrogens with zero attached hydrogens (tertiary/aromatic N) is 3. The lowest BCUT2D eigenvalue weighted by Crippen LogP contribution is -2.32. The summed E-state index contributed by atoms with van der Waals surface area (Å²) in [5.41, 5.74) is 4.84. The Morgan fingerprint density at radius 1 is 1.05 bits per heavy atom. The summed E-state index contributed by atoms with van der Waals surface area (Å²) in [5, 5.41) is 12.6. The van der Waals surface area contributed by atoms with E-state index < -0.39 is 22.1 Å². The molecule has 39 heavy (non-hydrogen) atoms. The largest absolute Gasteiger partial charge is 0.478 e. The number of halogens is 1. The summed E-state index contributed by atoms with van der Waals surface area (Å²) in [4.78, 5) is 24.5. The lowest BCUT2D eigenvalue weighted by atomic mass is 10.00. The van der Waals surface area contributed by atoms with E-state index in [0.29, 0.717) is 18.8 Å². The highest BCUT2D eigenvalue weighted by molar-refractivity contribution is 7.92. The van der Waals surface area contributed by atoms with Crippen molar-refractivity contribution in [2.75, 3.05) is 11.3 Å². The maximum absolute atomic E-state index is 13.2. The molecule has 0 saturated carbocycles. The molecule has 3 N–H and O–H groups in total. The molecule has 0 aliphatic carbocycles. The van der Waals surface area contributed by atoms with E-state index in [2.05, 4.69) is 25.0 Å². The molecule has 1 atom stereocenters. The summed E-state index contributed by atoms with van der Waals surface area (Å²) in [7, 11) is -4.21. The molecule has 1 aliphatic heterocycles. The number of anilines is 1. The summed E-state index contributed by atoms with van der Waals surface area (Å²) in [6.45, 7) is 5.05. The van der Waals surface area contributed by atoms with Gasteiger partial charge in [-0.2, -0.15) is 4.98 Å². The van der Waals surface area contributed by atoms with Gasteiger partial charge in [-0.15, -0.1) is 12.4 Å². The third-order valence-electron chi connectivity index (χ3n) is 6.20.